The standard InChI is InChI=1S/C18H16N2O3/c1-13(9-18(21)22)16-7-8-17(23-16)15-10-19-20(12-15)11-14-5-3-2-4-6-14/h2-10,12H,11H2,1H3,(H,21,22)/b13-9+. The molecule has 116 valence electrons. The minimum Gasteiger partial charge on any atom is -0.478 e. The summed E-state index contributed by atoms with van der Waals surface area (Å²) in [5.41, 5.74) is 2.60. The summed E-state index contributed by atoms with van der Waals surface area (Å²) in [5, 5.41) is 13.1. The normalized spacial score (nSPS) is 11.6. The molecule has 2 aromatic heterocycles. The van der Waals surface area contributed by atoms with Crippen molar-refractivity contribution in [1.29, 1.82) is 0 Å². The van der Waals surface area contributed by atoms with Crippen LogP contribution in [-0.4, -0.2) is 20.9 Å². The topological polar surface area (TPSA) is 68.3 Å². The molecule has 0 saturated carbocycles. The third kappa shape index (κ3) is 3.58. The molecule has 0 saturated heterocycles. The molecule has 0 aliphatic rings. The number of allylic oxidation sites excluding steroid dienone is 1. The smallest absolute Gasteiger partial charge is 0.328 e. The number of rotatable bonds is 5. The van der Waals surface area contributed by atoms with Crippen molar-refractivity contribution in [3.63, 3.8) is 0 Å². The molecule has 0 spiro atoms. The molecular formula is C18H16N2O3. The Morgan fingerprint density at radius 2 is 2.04 bits per heavy atom. The molecule has 0 bridgehead atoms. The van der Waals surface area contributed by atoms with Crippen LogP contribution >= 0.6 is 0 Å². The van der Waals surface area contributed by atoms with E-state index in [4.69, 9.17) is 9.52 Å². The van der Waals surface area contributed by atoms with E-state index in [1.807, 2.05) is 47.3 Å². The van der Waals surface area contributed by atoms with E-state index in [1.165, 1.54) is 5.56 Å². The second kappa shape index (κ2) is 6.36. The van der Waals surface area contributed by atoms with Crippen molar-refractivity contribution in [3.8, 4) is 11.3 Å². The molecule has 3 rings (SSSR count). The Kier molecular flexibility index (Phi) is 4.10. The van der Waals surface area contributed by atoms with Gasteiger partial charge in [-0.25, -0.2) is 4.79 Å². The highest BCUT2D eigenvalue weighted by Crippen LogP contribution is 2.25. The molecule has 0 atom stereocenters. The Bertz CT molecular complexity index is 844. The van der Waals surface area contributed by atoms with Crippen molar-refractivity contribution in [2.75, 3.05) is 0 Å². The van der Waals surface area contributed by atoms with Crippen LogP contribution in [0.15, 0.2) is 65.4 Å². The second-order valence-electron chi connectivity index (χ2n) is 5.24. The summed E-state index contributed by atoms with van der Waals surface area (Å²) >= 11 is 0. The maximum Gasteiger partial charge on any atom is 0.328 e. The fourth-order valence-electron chi connectivity index (χ4n) is 2.31. The van der Waals surface area contributed by atoms with E-state index in [9.17, 15) is 4.79 Å². The summed E-state index contributed by atoms with van der Waals surface area (Å²) in [5.74, 6) is 0.215. The molecule has 5 heteroatoms. The third-order valence-corrected chi connectivity index (χ3v) is 3.44. The molecule has 0 radical (unpaired) electrons. The Balaban J connectivity index is 1.78. The Morgan fingerprint density at radius 3 is 2.78 bits per heavy atom. The fourth-order valence-corrected chi connectivity index (χ4v) is 2.31. The zero-order valence-electron chi connectivity index (χ0n) is 12.6. The SMILES string of the molecule is C/C(=C\C(=O)O)c1ccc(-c2cnn(Cc3ccccc3)c2)o1. The molecule has 1 N–H and O–H groups in total. The first-order valence-corrected chi connectivity index (χ1v) is 7.20. The molecule has 5 nitrogen and oxygen atoms in total. The fraction of sp³-hybridized carbons (Fsp3) is 0.111. The average Bonchev–Trinajstić information content (AvgIpc) is 3.16. The van der Waals surface area contributed by atoms with Gasteiger partial charge in [0, 0.05) is 12.3 Å². The highest BCUT2D eigenvalue weighted by atomic mass is 16.4. The van der Waals surface area contributed by atoms with Crippen LogP contribution in [0, 0.1) is 0 Å². The number of hydrogen-bond acceptors (Lipinski definition) is 3. The lowest BCUT2D eigenvalue weighted by molar-refractivity contribution is -0.131. The van der Waals surface area contributed by atoms with Crippen molar-refractivity contribution in [1.82, 2.24) is 9.78 Å². The molecule has 0 unspecified atom stereocenters. The largest absolute Gasteiger partial charge is 0.478 e. The van der Waals surface area contributed by atoms with E-state index in [0.717, 1.165) is 11.6 Å². The van der Waals surface area contributed by atoms with Gasteiger partial charge in [0.2, 0.25) is 0 Å². The number of aromatic nitrogens is 2. The predicted octanol–water partition coefficient (Wildman–Crippen LogP) is 3.68. The summed E-state index contributed by atoms with van der Waals surface area (Å²) in [6.45, 7) is 2.39. The molecule has 0 aliphatic heterocycles. The molecule has 0 amide bonds. The number of carboxylic acid groups (broad SMARTS) is 1. The maximum atomic E-state index is 10.7. The third-order valence-electron chi connectivity index (χ3n) is 3.44. The summed E-state index contributed by atoms with van der Waals surface area (Å²) in [6.07, 6.45) is 4.77. The van der Waals surface area contributed by atoms with Crippen LogP contribution in [-0.2, 0) is 11.3 Å². The van der Waals surface area contributed by atoms with E-state index in [0.29, 0.717) is 23.6 Å². The number of hydrogen-bond donors (Lipinski definition) is 1. The molecular weight excluding hydrogens is 292 g/mol. The van der Waals surface area contributed by atoms with Gasteiger partial charge in [-0.05, 0) is 30.2 Å². The molecule has 1 aromatic carbocycles. The van der Waals surface area contributed by atoms with E-state index >= 15 is 0 Å². The van der Waals surface area contributed by atoms with Gasteiger partial charge in [-0.2, -0.15) is 5.10 Å². The monoisotopic (exact) mass is 308 g/mol. The van der Waals surface area contributed by atoms with Crippen molar-refractivity contribution >= 4 is 11.5 Å². The van der Waals surface area contributed by atoms with Gasteiger partial charge in [0.1, 0.15) is 11.5 Å². The number of carbonyl (C=O) groups is 1. The molecule has 0 fully saturated rings. The number of nitrogens with zero attached hydrogens (tertiary/aromatic N) is 2. The molecule has 3 aromatic rings. The van der Waals surface area contributed by atoms with Crippen molar-refractivity contribution < 1.29 is 14.3 Å². The Labute approximate surface area is 133 Å². The molecule has 2 heterocycles. The zero-order chi connectivity index (χ0) is 16.2. The van der Waals surface area contributed by atoms with Crippen LogP contribution in [0.25, 0.3) is 16.9 Å². The van der Waals surface area contributed by atoms with Crippen molar-refractivity contribution in [3.05, 3.63) is 72.3 Å². The average molecular weight is 308 g/mol. The predicted molar refractivity (Wildman–Crippen MR) is 86.8 cm³/mol. The van der Waals surface area contributed by atoms with E-state index in [-0.39, 0.29) is 0 Å². The van der Waals surface area contributed by atoms with Gasteiger partial charge in [-0.15, -0.1) is 0 Å². The van der Waals surface area contributed by atoms with Crippen LogP contribution in [0.2, 0.25) is 0 Å². The van der Waals surface area contributed by atoms with E-state index < -0.39 is 5.97 Å². The molecule has 0 aliphatic carbocycles. The van der Waals surface area contributed by atoms with Gasteiger partial charge in [-0.1, -0.05) is 30.3 Å². The first kappa shape index (κ1) is 14.8. The highest BCUT2D eigenvalue weighted by molar-refractivity contribution is 5.88. The van der Waals surface area contributed by atoms with Crippen LogP contribution in [0.4, 0.5) is 0 Å². The van der Waals surface area contributed by atoms with Gasteiger partial charge in [0.05, 0.1) is 18.3 Å². The second-order valence-corrected chi connectivity index (χ2v) is 5.24. The Morgan fingerprint density at radius 1 is 1.26 bits per heavy atom. The summed E-state index contributed by atoms with van der Waals surface area (Å²) in [4.78, 5) is 10.7. The van der Waals surface area contributed by atoms with Crippen LogP contribution in [0.5, 0.6) is 0 Å². The number of furan rings is 1. The first-order valence-electron chi connectivity index (χ1n) is 7.20. The summed E-state index contributed by atoms with van der Waals surface area (Å²) in [6, 6.07) is 13.7. The van der Waals surface area contributed by atoms with Crippen LogP contribution in [0.1, 0.15) is 18.2 Å². The Hall–Kier alpha value is -3.08. The van der Waals surface area contributed by atoms with Gasteiger partial charge in [0.15, 0.2) is 0 Å². The first-order chi connectivity index (χ1) is 11.1. The zero-order valence-corrected chi connectivity index (χ0v) is 12.6. The minimum absolute atomic E-state index is 0.540. The number of benzene rings is 1. The number of carboxylic acids is 1. The van der Waals surface area contributed by atoms with Crippen LogP contribution in [0.3, 0.4) is 0 Å². The van der Waals surface area contributed by atoms with E-state index in [2.05, 4.69) is 5.10 Å². The number of aliphatic carboxylic acids is 1. The van der Waals surface area contributed by atoms with Crippen molar-refractivity contribution in [2.45, 2.75) is 13.5 Å². The summed E-state index contributed by atoms with van der Waals surface area (Å²) < 4.78 is 7.55. The highest BCUT2D eigenvalue weighted by Gasteiger charge is 2.09. The lowest BCUT2D eigenvalue weighted by Gasteiger charge is -2.00. The van der Waals surface area contributed by atoms with Gasteiger partial charge >= 0.3 is 5.97 Å². The quantitative estimate of drug-likeness (QED) is 0.730. The lowest BCUT2D eigenvalue weighted by atomic mass is 10.2. The minimum atomic E-state index is -0.990. The van der Waals surface area contributed by atoms with Gasteiger partial charge in [0.25, 0.3) is 0 Å². The lowest BCUT2D eigenvalue weighted by Crippen LogP contribution is -1.98. The summed E-state index contributed by atoms with van der Waals surface area (Å²) in [7, 11) is 0. The van der Waals surface area contributed by atoms with Crippen molar-refractivity contribution in [2.24, 2.45) is 0 Å². The maximum absolute atomic E-state index is 10.7. The van der Waals surface area contributed by atoms with Crippen LogP contribution < -0.4 is 0 Å². The molecule has 23 heavy (non-hydrogen) atoms. The van der Waals surface area contributed by atoms with E-state index in [1.54, 1.807) is 19.2 Å². The van der Waals surface area contributed by atoms with Gasteiger partial charge in [-0.3, -0.25) is 4.68 Å². The van der Waals surface area contributed by atoms with Gasteiger partial charge < -0.3 is 9.52 Å².